The van der Waals surface area contributed by atoms with E-state index in [1.54, 1.807) is 12.5 Å². The topological polar surface area (TPSA) is 68.0 Å². The van der Waals surface area contributed by atoms with E-state index in [9.17, 15) is 4.79 Å². The van der Waals surface area contributed by atoms with Crippen molar-refractivity contribution in [3.8, 4) is 0 Å². The quantitative estimate of drug-likeness (QED) is 0.850. The van der Waals surface area contributed by atoms with Gasteiger partial charge in [-0.05, 0) is 12.5 Å². The van der Waals surface area contributed by atoms with Crippen LogP contribution >= 0.6 is 0 Å². The molecule has 0 saturated heterocycles. The molecule has 0 saturated carbocycles. The zero-order valence-corrected chi connectivity index (χ0v) is 9.21. The van der Waals surface area contributed by atoms with Crippen LogP contribution in [0.3, 0.4) is 0 Å². The first-order valence-corrected chi connectivity index (χ1v) is 5.14. The number of carbonyl (C=O) groups is 1. The second kappa shape index (κ2) is 3.92. The van der Waals surface area contributed by atoms with E-state index in [2.05, 4.69) is 9.97 Å². The molecule has 1 atom stereocenters. The first-order chi connectivity index (χ1) is 7.65. The van der Waals surface area contributed by atoms with Gasteiger partial charge in [-0.1, -0.05) is 6.92 Å². The average Bonchev–Trinajstić information content (AvgIpc) is 2.62. The maximum atomic E-state index is 11.1. The van der Waals surface area contributed by atoms with Crippen LogP contribution in [0.2, 0.25) is 0 Å². The predicted octanol–water partition coefficient (Wildman–Crippen LogP) is 1.55. The Morgan fingerprint density at radius 3 is 2.94 bits per heavy atom. The zero-order chi connectivity index (χ0) is 11.7. The van der Waals surface area contributed by atoms with Crippen LogP contribution in [-0.2, 0) is 11.8 Å². The fourth-order valence-corrected chi connectivity index (χ4v) is 1.82. The molecule has 2 aromatic heterocycles. The van der Waals surface area contributed by atoms with Crippen LogP contribution in [0.25, 0.3) is 11.0 Å². The molecule has 0 aliphatic heterocycles. The normalized spacial score (nSPS) is 12.9. The average molecular weight is 219 g/mol. The van der Waals surface area contributed by atoms with Gasteiger partial charge in [0, 0.05) is 13.2 Å². The molecule has 0 spiro atoms. The summed E-state index contributed by atoms with van der Waals surface area (Å²) >= 11 is 0. The Kier molecular flexibility index (Phi) is 2.60. The van der Waals surface area contributed by atoms with Crippen molar-refractivity contribution in [1.82, 2.24) is 14.5 Å². The molecule has 0 aliphatic rings. The second-order valence-electron chi connectivity index (χ2n) is 3.72. The third-order valence-corrected chi connectivity index (χ3v) is 2.71. The number of carboxylic acid groups (broad SMARTS) is 1. The number of aromatic nitrogens is 3. The molecular weight excluding hydrogens is 206 g/mol. The van der Waals surface area contributed by atoms with Gasteiger partial charge in [0.1, 0.15) is 11.4 Å². The lowest BCUT2D eigenvalue weighted by Crippen LogP contribution is -2.12. The lowest BCUT2D eigenvalue weighted by atomic mass is 10.0. The predicted molar refractivity (Wildman–Crippen MR) is 59.2 cm³/mol. The van der Waals surface area contributed by atoms with E-state index in [4.69, 9.17) is 5.11 Å². The maximum absolute atomic E-state index is 11.1. The number of hydrogen-bond donors (Lipinski definition) is 1. The van der Waals surface area contributed by atoms with E-state index < -0.39 is 11.9 Å². The van der Waals surface area contributed by atoms with Crippen LogP contribution in [0.4, 0.5) is 0 Å². The highest BCUT2D eigenvalue weighted by molar-refractivity contribution is 5.84. The van der Waals surface area contributed by atoms with Gasteiger partial charge < -0.3 is 9.67 Å². The fraction of sp³-hybridized carbons (Fsp3) is 0.364. The van der Waals surface area contributed by atoms with Gasteiger partial charge in [0.15, 0.2) is 0 Å². The van der Waals surface area contributed by atoms with Crippen molar-refractivity contribution in [2.75, 3.05) is 0 Å². The summed E-state index contributed by atoms with van der Waals surface area (Å²) < 4.78 is 1.86. The molecule has 0 aliphatic carbocycles. The van der Waals surface area contributed by atoms with Gasteiger partial charge in [0.25, 0.3) is 0 Å². The number of rotatable bonds is 3. The molecule has 2 heterocycles. The SMILES string of the molecule is CCC(C(=O)O)c1nccc2c1ncn2C. The number of nitrogens with zero attached hydrogens (tertiary/aromatic N) is 3. The molecule has 16 heavy (non-hydrogen) atoms. The summed E-state index contributed by atoms with van der Waals surface area (Å²) in [6, 6.07) is 1.83. The van der Waals surface area contributed by atoms with Gasteiger partial charge in [-0.25, -0.2) is 4.98 Å². The van der Waals surface area contributed by atoms with E-state index in [-0.39, 0.29) is 0 Å². The lowest BCUT2D eigenvalue weighted by Gasteiger charge is -2.09. The molecule has 5 nitrogen and oxygen atoms in total. The molecular formula is C11H13N3O2. The van der Waals surface area contributed by atoms with Crippen molar-refractivity contribution in [3.63, 3.8) is 0 Å². The smallest absolute Gasteiger partial charge is 0.312 e. The first kappa shape index (κ1) is 10.6. The van der Waals surface area contributed by atoms with Crippen LogP contribution < -0.4 is 0 Å². The number of imidazole rings is 1. The van der Waals surface area contributed by atoms with Gasteiger partial charge in [-0.3, -0.25) is 9.78 Å². The number of hydrogen-bond acceptors (Lipinski definition) is 3. The van der Waals surface area contributed by atoms with Crippen molar-refractivity contribution in [2.24, 2.45) is 7.05 Å². The van der Waals surface area contributed by atoms with Crippen LogP contribution in [0.1, 0.15) is 25.0 Å². The highest BCUT2D eigenvalue weighted by Crippen LogP contribution is 2.24. The number of fused-ring (bicyclic) bond motifs is 1. The standard InChI is InChI=1S/C11H13N3O2/c1-3-7(11(15)16)9-10-8(4-5-12-9)14(2)6-13-10/h4-7H,3H2,1-2H3,(H,15,16). The molecule has 1 N–H and O–H groups in total. The molecule has 0 radical (unpaired) electrons. The van der Waals surface area contributed by atoms with Crippen molar-refractivity contribution >= 4 is 17.0 Å². The monoisotopic (exact) mass is 219 g/mol. The fourth-order valence-electron chi connectivity index (χ4n) is 1.82. The Morgan fingerprint density at radius 2 is 2.31 bits per heavy atom. The van der Waals surface area contributed by atoms with E-state index >= 15 is 0 Å². The summed E-state index contributed by atoms with van der Waals surface area (Å²) in [7, 11) is 1.88. The summed E-state index contributed by atoms with van der Waals surface area (Å²) in [6.07, 6.45) is 3.81. The Labute approximate surface area is 92.8 Å². The Bertz CT molecular complexity index is 533. The minimum atomic E-state index is -0.854. The lowest BCUT2D eigenvalue weighted by molar-refractivity contribution is -0.138. The third kappa shape index (κ3) is 1.54. The van der Waals surface area contributed by atoms with Gasteiger partial charge in [-0.2, -0.15) is 0 Å². The molecule has 0 bridgehead atoms. The molecule has 0 amide bonds. The van der Waals surface area contributed by atoms with E-state index in [1.165, 1.54) is 0 Å². The van der Waals surface area contributed by atoms with Crippen molar-refractivity contribution < 1.29 is 9.90 Å². The molecule has 5 heteroatoms. The Balaban J connectivity index is 2.63. The molecule has 0 aromatic carbocycles. The van der Waals surface area contributed by atoms with Crippen molar-refractivity contribution in [2.45, 2.75) is 19.3 Å². The largest absolute Gasteiger partial charge is 0.481 e. The minimum absolute atomic E-state index is 0.512. The molecule has 0 fully saturated rings. The van der Waals surface area contributed by atoms with Crippen molar-refractivity contribution in [1.29, 1.82) is 0 Å². The summed E-state index contributed by atoms with van der Waals surface area (Å²) in [6.45, 7) is 1.84. The van der Waals surface area contributed by atoms with E-state index in [0.29, 0.717) is 17.6 Å². The van der Waals surface area contributed by atoms with Gasteiger partial charge in [0.2, 0.25) is 0 Å². The molecule has 2 aromatic rings. The number of aryl methyl sites for hydroxylation is 1. The number of carboxylic acids is 1. The van der Waals surface area contributed by atoms with Gasteiger partial charge in [-0.15, -0.1) is 0 Å². The Hall–Kier alpha value is -1.91. The summed E-state index contributed by atoms with van der Waals surface area (Å²) in [5.41, 5.74) is 2.14. The molecule has 84 valence electrons. The summed E-state index contributed by atoms with van der Waals surface area (Å²) in [4.78, 5) is 19.5. The van der Waals surface area contributed by atoms with Crippen LogP contribution in [0.15, 0.2) is 18.6 Å². The summed E-state index contributed by atoms with van der Waals surface area (Å²) in [5.74, 6) is -1.44. The second-order valence-corrected chi connectivity index (χ2v) is 3.72. The third-order valence-electron chi connectivity index (χ3n) is 2.71. The van der Waals surface area contributed by atoms with Gasteiger partial charge >= 0.3 is 5.97 Å². The van der Waals surface area contributed by atoms with Gasteiger partial charge in [0.05, 0.1) is 17.5 Å². The van der Waals surface area contributed by atoms with Crippen LogP contribution in [0, 0.1) is 0 Å². The Morgan fingerprint density at radius 1 is 1.56 bits per heavy atom. The van der Waals surface area contributed by atoms with Crippen LogP contribution in [-0.4, -0.2) is 25.6 Å². The van der Waals surface area contributed by atoms with E-state index in [1.807, 2.05) is 24.6 Å². The minimum Gasteiger partial charge on any atom is -0.481 e. The first-order valence-electron chi connectivity index (χ1n) is 5.14. The zero-order valence-electron chi connectivity index (χ0n) is 9.21. The maximum Gasteiger partial charge on any atom is 0.312 e. The summed E-state index contributed by atoms with van der Waals surface area (Å²) in [5, 5.41) is 9.12. The van der Waals surface area contributed by atoms with E-state index in [0.717, 1.165) is 5.52 Å². The molecule has 1 unspecified atom stereocenters. The van der Waals surface area contributed by atoms with Crippen molar-refractivity contribution in [3.05, 3.63) is 24.3 Å². The molecule has 2 rings (SSSR count). The number of aliphatic carboxylic acids is 1. The van der Waals surface area contributed by atoms with Crippen LogP contribution in [0.5, 0.6) is 0 Å². The highest BCUT2D eigenvalue weighted by Gasteiger charge is 2.22. The number of pyridine rings is 1. The highest BCUT2D eigenvalue weighted by atomic mass is 16.4.